The molecule has 1 amide bonds. The zero-order valence-electron chi connectivity index (χ0n) is 15.9. The molecule has 0 N–H and O–H groups in total. The van der Waals surface area contributed by atoms with E-state index in [9.17, 15) is 18.0 Å². The Labute approximate surface area is 181 Å². The van der Waals surface area contributed by atoms with Crippen molar-refractivity contribution in [3.8, 4) is 0 Å². The van der Waals surface area contributed by atoms with Crippen LogP contribution in [-0.2, 0) is 12.7 Å². The summed E-state index contributed by atoms with van der Waals surface area (Å²) in [5, 5.41) is 0.734. The highest BCUT2D eigenvalue weighted by Gasteiger charge is 2.36. The van der Waals surface area contributed by atoms with E-state index in [-0.39, 0.29) is 11.1 Å². The zero-order valence-corrected chi connectivity index (χ0v) is 17.4. The van der Waals surface area contributed by atoms with Crippen molar-refractivity contribution in [3.05, 3.63) is 92.7 Å². The Kier molecular flexibility index (Phi) is 5.32. The van der Waals surface area contributed by atoms with Crippen LogP contribution in [0.15, 0.2) is 54.7 Å². The lowest BCUT2D eigenvalue weighted by atomic mass is 9.97. The van der Waals surface area contributed by atoms with Crippen LogP contribution in [0.2, 0.25) is 10.0 Å². The molecule has 1 aliphatic heterocycles. The van der Waals surface area contributed by atoms with Gasteiger partial charge in [-0.1, -0.05) is 35.3 Å². The normalized spacial score (nSPS) is 16.5. The van der Waals surface area contributed by atoms with Crippen LogP contribution in [0.5, 0.6) is 0 Å². The van der Waals surface area contributed by atoms with Gasteiger partial charge in [-0.05, 0) is 54.4 Å². The number of alkyl halides is 3. The van der Waals surface area contributed by atoms with Gasteiger partial charge in [0.2, 0.25) is 0 Å². The van der Waals surface area contributed by atoms with Gasteiger partial charge in [0.05, 0.1) is 21.7 Å². The largest absolute Gasteiger partial charge is 0.416 e. The van der Waals surface area contributed by atoms with Gasteiger partial charge in [-0.3, -0.25) is 4.79 Å². The van der Waals surface area contributed by atoms with Gasteiger partial charge in [0.25, 0.3) is 5.91 Å². The van der Waals surface area contributed by atoms with Crippen molar-refractivity contribution in [2.45, 2.75) is 25.7 Å². The Morgan fingerprint density at radius 3 is 2.50 bits per heavy atom. The van der Waals surface area contributed by atoms with E-state index in [1.807, 2.05) is 22.9 Å². The second kappa shape index (κ2) is 7.67. The third-order valence-corrected chi connectivity index (χ3v) is 6.09. The van der Waals surface area contributed by atoms with E-state index >= 15 is 0 Å². The Morgan fingerprint density at radius 2 is 1.80 bits per heavy atom. The van der Waals surface area contributed by atoms with Gasteiger partial charge in [0, 0.05) is 30.5 Å². The molecule has 1 aliphatic rings. The maximum Gasteiger partial charge on any atom is 0.416 e. The second-order valence-corrected chi connectivity index (χ2v) is 8.04. The molecule has 0 saturated heterocycles. The maximum atomic E-state index is 13.4. The minimum Gasteiger partial charge on any atom is -0.348 e. The number of carbonyl (C=O) groups excluding carboxylic acids is 1. The Balaban J connectivity index is 1.79. The molecule has 2 aromatic carbocycles. The molecule has 1 aromatic heterocycles. The molecular formula is C22H17Cl2F3N2O. The minimum atomic E-state index is -4.53. The molecule has 4 rings (SSSR count). The van der Waals surface area contributed by atoms with E-state index in [0.717, 1.165) is 17.3 Å². The quantitative estimate of drug-likeness (QED) is 0.443. The average molecular weight is 453 g/mol. The van der Waals surface area contributed by atoms with Gasteiger partial charge in [0.15, 0.2) is 0 Å². The van der Waals surface area contributed by atoms with Gasteiger partial charge >= 0.3 is 6.18 Å². The van der Waals surface area contributed by atoms with Crippen molar-refractivity contribution in [1.82, 2.24) is 9.47 Å². The number of nitrogens with zero attached hydrogens (tertiary/aromatic N) is 2. The fraction of sp³-hybridized carbons (Fsp3) is 0.227. The first-order valence-electron chi connectivity index (χ1n) is 9.25. The zero-order chi connectivity index (χ0) is 21.6. The first-order valence-corrected chi connectivity index (χ1v) is 10.0. The Hall–Kier alpha value is -2.44. The minimum absolute atomic E-state index is 0.00186. The van der Waals surface area contributed by atoms with E-state index in [1.54, 1.807) is 23.1 Å². The smallest absolute Gasteiger partial charge is 0.348 e. The number of aromatic nitrogens is 1. The van der Waals surface area contributed by atoms with Crippen molar-refractivity contribution in [1.29, 1.82) is 0 Å². The molecule has 30 heavy (non-hydrogen) atoms. The summed E-state index contributed by atoms with van der Waals surface area (Å²) in [7, 11) is 0. The molecular weight excluding hydrogens is 436 g/mol. The summed E-state index contributed by atoms with van der Waals surface area (Å²) in [6.45, 7) is 2.27. The van der Waals surface area contributed by atoms with Crippen molar-refractivity contribution < 1.29 is 18.0 Å². The Bertz CT molecular complexity index is 1120. The molecule has 0 saturated carbocycles. The lowest BCUT2D eigenvalue weighted by Gasteiger charge is -2.37. The van der Waals surface area contributed by atoms with Crippen molar-refractivity contribution in [3.63, 3.8) is 0 Å². The highest BCUT2D eigenvalue weighted by molar-refractivity contribution is 6.42. The van der Waals surface area contributed by atoms with Gasteiger partial charge in [0.1, 0.15) is 0 Å². The lowest BCUT2D eigenvalue weighted by molar-refractivity contribution is -0.138. The number of carbonyl (C=O) groups is 1. The Morgan fingerprint density at radius 1 is 1.03 bits per heavy atom. The first kappa shape index (κ1) is 20.8. The number of rotatable bonds is 2. The SMILES string of the molecule is Cc1ccc(C(=O)N2CCn3cccc3[C@@H]2c2ccc(Cl)c(Cl)c2)cc1C(F)(F)F. The van der Waals surface area contributed by atoms with E-state index < -0.39 is 23.7 Å². The number of halogens is 5. The topological polar surface area (TPSA) is 25.2 Å². The summed E-state index contributed by atoms with van der Waals surface area (Å²) < 4.78 is 42.1. The van der Waals surface area contributed by atoms with Crippen LogP contribution in [0, 0.1) is 6.92 Å². The number of benzene rings is 2. The summed E-state index contributed by atoms with van der Waals surface area (Å²) in [4.78, 5) is 14.9. The number of fused-ring (bicyclic) bond motifs is 1. The molecule has 156 valence electrons. The number of aryl methyl sites for hydroxylation is 1. The van der Waals surface area contributed by atoms with Gasteiger partial charge < -0.3 is 9.47 Å². The molecule has 3 aromatic rings. The predicted octanol–water partition coefficient (Wildman–Crippen LogP) is 6.37. The van der Waals surface area contributed by atoms with Crippen LogP contribution >= 0.6 is 23.2 Å². The summed E-state index contributed by atoms with van der Waals surface area (Å²) in [5.74, 6) is -0.468. The van der Waals surface area contributed by atoms with Crippen LogP contribution in [0.3, 0.4) is 0 Å². The maximum absolute atomic E-state index is 13.4. The fourth-order valence-corrected chi connectivity index (χ4v) is 4.17. The molecule has 0 aliphatic carbocycles. The highest BCUT2D eigenvalue weighted by atomic mass is 35.5. The standard InChI is InChI=1S/C22H17Cl2F3N2O/c1-13-4-5-15(11-16(13)22(25,26)27)21(30)29-10-9-28-8-2-3-19(28)20(29)14-6-7-17(23)18(24)12-14/h2-8,11-12,20H,9-10H2,1H3/t20-/m0/s1. The molecule has 1 atom stereocenters. The van der Waals surface area contributed by atoms with E-state index in [2.05, 4.69) is 0 Å². The van der Waals surface area contributed by atoms with Crippen LogP contribution in [0.4, 0.5) is 13.2 Å². The van der Waals surface area contributed by atoms with Crippen LogP contribution in [0.1, 0.15) is 38.8 Å². The summed E-state index contributed by atoms with van der Waals surface area (Å²) in [5.41, 5.74) is 0.863. The van der Waals surface area contributed by atoms with Crippen LogP contribution in [0.25, 0.3) is 0 Å². The third kappa shape index (κ3) is 3.70. The molecule has 8 heteroatoms. The van der Waals surface area contributed by atoms with Crippen molar-refractivity contribution in [2.75, 3.05) is 6.54 Å². The molecule has 0 unspecified atom stereocenters. The number of hydrogen-bond acceptors (Lipinski definition) is 1. The van der Waals surface area contributed by atoms with Crippen LogP contribution < -0.4 is 0 Å². The average Bonchev–Trinajstić information content (AvgIpc) is 3.17. The monoisotopic (exact) mass is 452 g/mol. The third-order valence-electron chi connectivity index (χ3n) is 5.35. The first-order chi connectivity index (χ1) is 14.2. The summed E-state index contributed by atoms with van der Waals surface area (Å²) in [6, 6.07) is 12.1. The molecule has 0 fully saturated rings. The van der Waals surface area contributed by atoms with Crippen LogP contribution in [-0.4, -0.2) is 21.9 Å². The van der Waals surface area contributed by atoms with E-state index in [4.69, 9.17) is 23.2 Å². The lowest BCUT2D eigenvalue weighted by Crippen LogP contribution is -2.42. The molecule has 2 heterocycles. The van der Waals surface area contributed by atoms with Crippen molar-refractivity contribution in [2.24, 2.45) is 0 Å². The van der Waals surface area contributed by atoms with E-state index in [1.165, 1.54) is 19.1 Å². The van der Waals surface area contributed by atoms with E-state index in [0.29, 0.717) is 23.1 Å². The summed E-state index contributed by atoms with van der Waals surface area (Å²) in [6.07, 6.45) is -2.62. The predicted molar refractivity (Wildman–Crippen MR) is 110 cm³/mol. The second-order valence-electron chi connectivity index (χ2n) is 7.23. The van der Waals surface area contributed by atoms with Gasteiger partial charge in [-0.15, -0.1) is 0 Å². The number of hydrogen-bond donors (Lipinski definition) is 0. The molecule has 0 bridgehead atoms. The van der Waals surface area contributed by atoms with Gasteiger partial charge in [-0.2, -0.15) is 13.2 Å². The van der Waals surface area contributed by atoms with Crippen molar-refractivity contribution >= 4 is 29.1 Å². The molecule has 3 nitrogen and oxygen atoms in total. The number of amides is 1. The fourth-order valence-electron chi connectivity index (χ4n) is 3.86. The molecule has 0 spiro atoms. The molecule has 0 radical (unpaired) electrons. The van der Waals surface area contributed by atoms with Gasteiger partial charge in [-0.25, -0.2) is 0 Å². The summed E-state index contributed by atoms with van der Waals surface area (Å²) >= 11 is 12.2. The highest BCUT2D eigenvalue weighted by Crippen LogP contribution is 2.37.